The number of ether oxygens (including phenoxy) is 4. The van der Waals surface area contributed by atoms with Gasteiger partial charge in [-0.3, -0.25) is 37.3 Å². The van der Waals surface area contributed by atoms with Gasteiger partial charge in [0.15, 0.2) is 12.2 Å². The number of hydrogen-bond acceptors (Lipinski definition) is 15. The highest BCUT2D eigenvalue weighted by Crippen LogP contribution is 2.45. The molecule has 0 rings (SSSR count). The third-order valence-corrected chi connectivity index (χ3v) is 16.3. The molecule has 0 aliphatic carbocycles. The Labute approximate surface area is 603 Å². The molecule has 0 aliphatic heterocycles. The van der Waals surface area contributed by atoms with Crippen LogP contribution in [0.15, 0.2) is 182 Å². The van der Waals surface area contributed by atoms with Crippen LogP contribution < -0.4 is 0 Å². The Hall–Kier alpha value is -5.84. The molecule has 0 aromatic heterocycles. The number of esters is 4. The summed E-state index contributed by atoms with van der Waals surface area (Å²) in [5, 5.41) is 10.6. The molecule has 19 heteroatoms. The van der Waals surface area contributed by atoms with Crippen LogP contribution in [0.3, 0.4) is 0 Å². The van der Waals surface area contributed by atoms with Crippen molar-refractivity contribution in [1.29, 1.82) is 0 Å². The average molecular weight is 1440 g/mol. The van der Waals surface area contributed by atoms with E-state index in [9.17, 15) is 43.2 Å². The van der Waals surface area contributed by atoms with Crippen molar-refractivity contribution < 1.29 is 80.2 Å². The SMILES string of the molecule is CC/C=C\C/C=C\C/C=C\C/C=C\C/C=C\CC(=O)OCC(COP(=O)(O)OCC(O)COP(=O)(O)OCC(COC(=O)CCCC/C=C\C/C=C\C/C=C\C/C=C\CC)OC(=O)CCCC/C=C\C/C=C\C/C=C\C/C=C\CC)OC(=O)CCCCCCC/C=C\C/C=C\CCCCC. The summed E-state index contributed by atoms with van der Waals surface area (Å²) in [6, 6.07) is 0. The highest BCUT2D eigenvalue weighted by molar-refractivity contribution is 7.47. The number of carbonyl (C=O) groups is 4. The lowest BCUT2D eigenvalue weighted by Gasteiger charge is -2.21. The van der Waals surface area contributed by atoms with E-state index in [0.717, 1.165) is 141 Å². The van der Waals surface area contributed by atoms with Gasteiger partial charge in [-0.25, -0.2) is 9.13 Å². The van der Waals surface area contributed by atoms with Crippen molar-refractivity contribution in [1.82, 2.24) is 0 Å². The predicted molar refractivity (Wildman–Crippen MR) is 408 cm³/mol. The lowest BCUT2D eigenvalue weighted by molar-refractivity contribution is -0.161. The average Bonchev–Trinajstić information content (AvgIpc) is 1.01. The standard InChI is InChI=1S/C81H128O17P2/c1-5-9-13-17-21-25-29-33-37-41-45-49-53-57-61-65-78(83)91-71-76(97-80(85)67-63-59-55-51-47-43-39-35-31-27-23-19-15-11-7-3)73-95-99(87,88)93-69-75(82)70-94-100(89,90)96-74-77(98-81(86)68-64-60-56-52-48-44-40-36-32-28-24-20-16-12-8-4)72-92-79(84)66-62-58-54-50-46-42-38-34-30-26-22-18-14-10-6-2/h9-11,13-15,21-28,33-40,45-47,49-51,58,62,75-77,82H,5-8,12,16-20,29-32,41-44,48,52-57,59-61,63-74H2,1-4H3,(H,87,88)(H,89,90)/b13-9-,14-10-,15-11-,25-21-,26-22-,27-23-,28-24-,37-33-,38-34-,39-35-,40-36-,49-45-,50-46-,51-47-,62-58-. The Kier molecular flexibility index (Phi) is 67.4. The lowest BCUT2D eigenvalue weighted by atomic mass is 10.1. The second-order valence-corrected chi connectivity index (χ2v) is 26.7. The zero-order chi connectivity index (χ0) is 73.2. The maximum Gasteiger partial charge on any atom is 0.472 e. The van der Waals surface area contributed by atoms with E-state index in [0.29, 0.717) is 32.1 Å². The molecule has 0 fully saturated rings. The van der Waals surface area contributed by atoms with Crippen LogP contribution in [0.4, 0.5) is 0 Å². The minimum absolute atomic E-state index is 0.0237. The number of unbranched alkanes of at least 4 members (excludes halogenated alkanes) is 12. The van der Waals surface area contributed by atoms with Crippen molar-refractivity contribution in [2.75, 3.05) is 39.6 Å². The first-order chi connectivity index (χ1) is 48.7. The third-order valence-electron chi connectivity index (χ3n) is 14.4. The highest BCUT2D eigenvalue weighted by atomic mass is 31.2. The summed E-state index contributed by atoms with van der Waals surface area (Å²) >= 11 is 0. The number of aliphatic hydroxyl groups excluding tert-OH is 1. The molecule has 0 saturated heterocycles. The molecule has 0 heterocycles. The van der Waals surface area contributed by atoms with E-state index < -0.39 is 97.5 Å². The van der Waals surface area contributed by atoms with Crippen LogP contribution in [0.5, 0.6) is 0 Å². The molecule has 5 unspecified atom stereocenters. The summed E-state index contributed by atoms with van der Waals surface area (Å²) in [6.45, 7) is 4.22. The van der Waals surface area contributed by atoms with Crippen LogP contribution >= 0.6 is 15.6 Å². The molecule has 5 atom stereocenters. The largest absolute Gasteiger partial charge is 0.472 e. The van der Waals surface area contributed by atoms with Crippen molar-refractivity contribution in [2.24, 2.45) is 0 Å². The van der Waals surface area contributed by atoms with Gasteiger partial charge in [0.05, 0.1) is 32.8 Å². The molecule has 0 saturated carbocycles. The molecule has 0 aromatic rings. The number of carbonyl (C=O) groups excluding carboxylic acids is 4. The zero-order valence-electron chi connectivity index (χ0n) is 61.3. The van der Waals surface area contributed by atoms with Crippen LogP contribution in [0.2, 0.25) is 0 Å². The Balaban J connectivity index is 5.53. The highest BCUT2D eigenvalue weighted by Gasteiger charge is 2.30. The lowest BCUT2D eigenvalue weighted by Crippen LogP contribution is -2.30. The van der Waals surface area contributed by atoms with Gasteiger partial charge in [-0.2, -0.15) is 0 Å². The van der Waals surface area contributed by atoms with E-state index in [1.165, 1.54) is 19.3 Å². The fraction of sp³-hybridized carbons (Fsp3) is 0.580. The Morgan fingerprint density at radius 1 is 0.300 bits per heavy atom. The third kappa shape index (κ3) is 70.6. The number of phosphoric ester groups is 2. The predicted octanol–water partition coefficient (Wildman–Crippen LogP) is 21.2. The molecular formula is C81H128O17P2. The summed E-state index contributed by atoms with van der Waals surface area (Å²) in [5.74, 6) is -2.46. The van der Waals surface area contributed by atoms with Gasteiger partial charge in [0, 0.05) is 19.3 Å². The van der Waals surface area contributed by atoms with Gasteiger partial charge in [-0.15, -0.1) is 0 Å². The van der Waals surface area contributed by atoms with Crippen molar-refractivity contribution in [3.05, 3.63) is 182 Å². The Morgan fingerprint density at radius 3 is 0.910 bits per heavy atom. The van der Waals surface area contributed by atoms with Gasteiger partial charge in [0.2, 0.25) is 0 Å². The number of aliphatic hydroxyl groups is 1. The van der Waals surface area contributed by atoms with E-state index >= 15 is 0 Å². The molecular weight excluding hydrogens is 1310 g/mol. The molecule has 3 N–H and O–H groups in total. The van der Waals surface area contributed by atoms with Crippen LogP contribution in [-0.2, 0) is 65.4 Å². The minimum Gasteiger partial charge on any atom is -0.462 e. The summed E-state index contributed by atoms with van der Waals surface area (Å²) in [7, 11) is -10.0. The topological polar surface area (TPSA) is 237 Å². The fourth-order valence-corrected chi connectivity index (χ4v) is 10.4. The maximum atomic E-state index is 13.1. The summed E-state index contributed by atoms with van der Waals surface area (Å²) < 4.78 is 68.2. The normalized spacial score (nSPS) is 15.0. The monoisotopic (exact) mass is 1430 g/mol. The van der Waals surface area contributed by atoms with Gasteiger partial charge in [-0.1, -0.05) is 242 Å². The quantitative estimate of drug-likeness (QED) is 0.0169. The summed E-state index contributed by atoms with van der Waals surface area (Å²) in [4.78, 5) is 72.7. The first kappa shape index (κ1) is 94.2. The number of allylic oxidation sites excluding steroid dienone is 29. The number of hydrogen-bond donors (Lipinski definition) is 3. The molecule has 100 heavy (non-hydrogen) atoms. The second-order valence-electron chi connectivity index (χ2n) is 23.8. The van der Waals surface area contributed by atoms with Crippen molar-refractivity contribution >= 4 is 39.5 Å². The summed E-state index contributed by atoms with van der Waals surface area (Å²) in [6.07, 6.45) is 85.0. The molecule has 0 aromatic carbocycles. The first-order valence-electron chi connectivity index (χ1n) is 37.0. The van der Waals surface area contributed by atoms with Crippen molar-refractivity contribution in [2.45, 2.75) is 264 Å². The van der Waals surface area contributed by atoms with E-state index in [1.807, 2.05) is 24.3 Å². The second kappa shape index (κ2) is 71.6. The minimum atomic E-state index is -5.01. The van der Waals surface area contributed by atoms with E-state index in [2.05, 4.69) is 180 Å². The van der Waals surface area contributed by atoms with Crippen LogP contribution in [0, 0.1) is 0 Å². The van der Waals surface area contributed by atoms with Crippen molar-refractivity contribution in [3.63, 3.8) is 0 Å². The molecule has 0 radical (unpaired) electrons. The van der Waals surface area contributed by atoms with Crippen LogP contribution in [0.25, 0.3) is 0 Å². The van der Waals surface area contributed by atoms with Crippen LogP contribution in [0.1, 0.15) is 246 Å². The van der Waals surface area contributed by atoms with Gasteiger partial charge in [-0.05, 0) is 161 Å². The summed E-state index contributed by atoms with van der Waals surface area (Å²) in [5.41, 5.74) is 0. The Bertz CT molecular complexity index is 2620. The van der Waals surface area contributed by atoms with Crippen molar-refractivity contribution in [3.8, 4) is 0 Å². The zero-order valence-corrected chi connectivity index (χ0v) is 63.1. The number of rotatable bonds is 67. The molecule has 0 bridgehead atoms. The molecule has 0 amide bonds. The van der Waals surface area contributed by atoms with Gasteiger partial charge < -0.3 is 33.8 Å². The maximum absolute atomic E-state index is 13.1. The molecule has 17 nitrogen and oxygen atoms in total. The smallest absolute Gasteiger partial charge is 0.462 e. The van der Waals surface area contributed by atoms with Gasteiger partial charge in [0.25, 0.3) is 0 Å². The van der Waals surface area contributed by atoms with Gasteiger partial charge >= 0.3 is 39.5 Å². The van der Waals surface area contributed by atoms with E-state index in [1.54, 1.807) is 6.08 Å². The molecule has 564 valence electrons. The van der Waals surface area contributed by atoms with E-state index in [4.69, 9.17) is 37.0 Å². The Morgan fingerprint density at radius 2 is 0.560 bits per heavy atom. The fourth-order valence-electron chi connectivity index (χ4n) is 8.83. The number of phosphoric acid groups is 2. The van der Waals surface area contributed by atoms with Crippen LogP contribution in [-0.4, -0.2) is 96.7 Å². The van der Waals surface area contributed by atoms with Gasteiger partial charge in [0.1, 0.15) is 19.3 Å². The molecule has 0 spiro atoms. The molecule has 0 aliphatic rings. The van der Waals surface area contributed by atoms with E-state index in [-0.39, 0.29) is 25.7 Å². The first-order valence-corrected chi connectivity index (χ1v) is 40.0.